The monoisotopic (exact) mass is 352 g/mol. The van der Waals surface area contributed by atoms with E-state index in [1.54, 1.807) is 0 Å². The molecule has 25 heavy (non-hydrogen) atoms. The molecule has 0 amide bonds. The van der Waals surface area contributed by atoms with Crippen LogP contribution in [-0.2, 0) is 9.30 Å². The first-order valence-corrected chi connectivity index (χ1v) is 11.0. The second kappa shape index (κ2) is 4.87. The average molecular weight is 352 g/mol. The number of rotatable bonds is 3. The molecule has 3 fully saturated rings. The predicted molar refractivity (Wildman–Crippen MR) is 102 cm³/mol. The van der Waals surface area contributed by atoms with Gasteiger partial charge in [0.15, 0.2) is 7.14 Å². The normalized spacial score (nSPS) is 39.0. The van der Waals surface area contributed by atoms with Crippen molar-refractivity contribution in [2.24, 2.45) is 16.7 Å². The summed E-state index contributed by atoms with van der Waals surface area (Å²) in [6.45, 7) is 5.48. The maximum Gasteiger partial charge on any atom is 0.174 e. The topological polar surface area (TPSA) is 26.3 Å². The lowest BCUT2D eigenvalue weighted by molar-refractivity contribution is -0.0223. The summed E-state index contributed by atoms with van der Waals surface area (Å²) in [6, 6.07) is 20.2. The highest BCUT2D eigenvalue weighted by Gasteiger charge is 2.80. The van der Waals surface area contributed by atoms with Gasteiger partial charge in [-0.1, -0.05) is 74.5 Å². The molecule has 2 aromatic rings. The maximum atomic E-state index is 15.0. The molecule has 2 unspecified atom stereocenters. The van der Waals surface area contributed by atoms with Crippen LogP contribution < -0.4 is 10.6 Å². The fourth-order valence-corrected chi connectivity index (χ4v) is 10.3. The molecule has 0 spiro atoms. The number of hydrogen-bond acceptors (Lipinski definition) is 2. The zero-order valence-corrected chi connectivity index (χ0v) is 15.8. The highest BCUT2D eigenvalue weighted by atomic mass is 31.2. The molecular formula is C22H25O2P. The molecule has 3 aliphatic rings. The van der Waals surface area contributed by atoms with Crippen LogP contribution in [0.2, 0.25) is 0 Å². The molecule has 2 aliphatic carbocycles. The molecule has 2 aromatic carbocycles. The molecule has 4 bridgehead atoms. The third-order valence-corrected chi connectivity index (χ3v) is 11.8. The van der Waals surface area contributed by atoms with Crippen molar-refractivity contribution in [2.45, 2.75) is 38.5 Å². The summed E-state index contributed by atoms with van der Waals surface area (Å²) in [5.41, 5.74) is 0.137. The minimum absolute atomic E-state index is 0.0219. The Balaban J connectivity index is 1.81. The Morgan fingerprint density at radius 3 is 2.00 bits per heavy atom. The van der Waals surface area contributed by atoms with Gasteiger partial charge in [-0.3, -0.25) is 0 Å². The van der Waals surface area contributed by atoms with E-state index in [1.165, 1.54) is 6.42 Å². The second-order valence-corrected chi connectivity index (χ2v) is 11.5. The highest BCUT2D eigenvalue weighted by Crippen LogP contribution is 2.84. The van der Waals surface area contributed by atoms with Gasteiger partial charge in [-0.2, -0.15) is 0 Å². The van der Waals surface area contributed by atoms with Gasteiger partial charge in [-0.15, -0.1) is 0 Å². The average Bonchev–Trinajstić information content (AvgIpc) is 3.14. The van der Waals surface area contributed by atoms with Crippen LogP contribution in [0.15, 0.2) is 60.7 Å². The molecule has 2 nitrogen and oxygen atoms in total. The molecule has 4 atom stereocenters. The van der Waals surface area contributed by atoms with E-state index < -0.39 is 12.5 Å². The summed E-state index contributed by atoms with van der Waals surface area (Å²) in [7, 11) is -2.93. The lowest BCUT2D eigenvalue weighted by atomic mass is 9.71. The standard InChI is InChI=1S/C22H25O2P/c1-20-16-24-22(15-17(20)13-14-21(20,22)2)25(23,18-9-5-3-6-10-18)19-11-7-4-8-12-19/h3-12,17H,13-16H2,1-2H3/t17?,20-,21?,22-/m1/s1. The van der Waals surface area contributed by atoms with Gasteiger partial charge in [0.2, 0.25) is 0 Å². The number of benzene rings is 2. The van der Waals surface area contributed by atoms with E-state index in [0.717, 1.165) is 30.1 Å². The van der Waals surface area contributed by atoms with Crippen molar-refractivity contribution in [3.63, 3.8) is 0 Å². The Kier molecular flexibility index (Phi) is 3.09. The van der Waals surface area contributed by atoms with E-state index in [9.17, 15) is 0 Å². The Bertz CT molecular complexity index is 821. The molecule has 5 rings (SSSR count). The van der Waals surface area contributed by atoms with Crippen LogP contribution >= 0.6 is 7.14 Å². The fraction of sp³-hybridized carbons (Fsp3) is 0.455. The first-order chi connectivity index (χ1) is 12.0. The van der Waals surface area contributed by atoms with Crippen LogP contribution in [0.4, 0.5) is 0 Å². The van der Waals surface area contributed by atoms with Gasteiger partial charge < -0.3 is 9.30 Å². The molecule has 130 valence electrons. The molecule has 0 N–H and O–H groups in total. The van der Waals surface area contributed by atoms with E-state index in [0.29, 0.717) is 5.92 Å². The van der Waals surface area contributed by atoms with Crippen molar-refractivity contribution in [1.29, 1.82) is 0 Å². The Morgan fingerprint density at radius 1 is 0.960 bits per heavy atom. The van der Waals surface area contributed by atoms with Gasteiger partial charge in [-0.25, -0.2) is 0 Å². The number of hydrogen-bond donors (Lipinski definition) is 0. The molecule has 3 heteroatoms. The van der Waals surface area contributed by atoms with Crippen LogP contribution in [0.25, 0.3) is 0 Å². The van der Waals surface area contributed by atoms with Crippen molar-refractivity contribution in [3.05, 3.63) is 60.7 Å². The second-order valence-electron chi connectivity index (χ2n) is 8.54. The molecule has 0 radical (unpaired) electrons. The summed E-state index contributed by atoms with van der Waals surface area (Å²) in [5.74, 6) is 0.631. The van der Waals surface area contributed by atoms with E-state index in [1.807, 2.05) is 60.7 Å². The van der Waals surface area contributed by atoms with Crippen LogP contribution in [0.5, 0.6) is 0 Å². The van der Waals surface area contributed by atoms with Crippen LogP contribution in [0.1, 0.15) is 33.1 Å². The van der Waals surface area contributed by atoms with Crippen molar-refractivity contribution >= 4 is 17.8 Å². The summed E-state index contributed by atoms with van der Waals surface area (Å²) in [4.78, 5) is 0. The molecular weight excluding hydrogens is 327 g/mol. The van der Waals surface area contributed by atoms with Crippen LogP contribution in [-0.4, -0.2) is 11.9 Å². The summed E-state index contributed by atoms with van der Waals surface area (Å²) in [5, 5.41) is 1.33. The Hall–Kier alpha value is -1.37. The van der Waals surface area contributed by atoms with Crippen molar-refractivity contribution in [2.75, 3.05) is 6.61 Å². The third-order valence-electron chi connectivity index (χ3n) is 7.90. The third kappa shape index (κ3) is 1.60. The van der Waals surface area contributed by atoms with Crippen molar-refractivity contribution in [3.8, 4) is 0 Å². The lowest BCUT2D eigenvalue weighted by Crippen LogP contribution is -2.48. The fourth-order valence-electron chi connectivity index (χ4n) is 6.22. The van der Waals surface area contributed by atoms with Crippen molar-refractivity contribution in [1.82, 2.24) is 0 Å². The maximum absolute atomic E-state index is 15.0. The zero-order valence-electron chi connectivity index (χ0n) is 14.9. The Labute approximate surface area is 150 Å². The Morgan fingerprint density at radius 2 is 1.52 bits per heavy atom. The van der Waals surface area contributed by atoms with E-state index >= 15 is 4.57 Å². The SMILES string of the molecule is CC12CCC3C[C@]1(P(=O)(c1ccccc1)c1ccccc1)OC[C@]32C. The van der Waals surface area contributed by atoms with Gasteiger partial charge in [0.1, 0.15) is 5.34 Å². The number of ether oxygens (including phenoxy) is 1. The molecule has 1 saturated heterocycles. The van der Waals surface area contributed by atoms with Crippen LogP contribution in [0.3, 0.4) is 0 Å². The molecule has 2 saturated carbocycles. The van der Waals surface area contributed by atoms with Crippen molar-refractivity contribution < 1.29 is 9.30 Å². The predicted octanol–water partition coefficient (Wildman–Crippen LogP) is 4.55. The molecule has 0 aromatic heterocycles. The first-order valence-electron chi connectivity index (χ1n) is 9.33. The van der Waals surface area contributed by atoms with E-state index in [4.69, 9.17) is 4.74 Å². The zero-order chi connectivity index (χ0) is 17.3. The smallest absolute Gasteiger partial charge is 0.174 e. The van der Waals surface area contributed by atoms with Gasteiger partial charge in [-0.05, 0) is 25.2 Å². The van der Waals surface area contributed by atoms with Gasteiger partial charge >= 0.3 is 0 Å². The first kappa shape index (κ1) is 15.9. The minimum Gasteiger partial charge on any atom is -0.365 e. The summed E-state index contributed by atoms with van der Waals surface area (Å²) < 4.78 is 21.6. The molecule has 1 heterocycles. The lowest BCUT2D eigenvalue weighted by Gasteiger charge is -2.47. The van der Waals surface area contributed by atoms with Gasteiger partial charge in [0.25, 0.3) is 0 Å². The van der Waals surface area contributed by atoms with E-state index in [-0.39, 0.29) is 10.8 Å². The summed E-state index contributed by atoms with van der Waals surface area (Å²) >= 11 is 0. The highest BCUT2D eigenvalue weighted by molar-refractivity contribution is 7.80. The van der Waals surface area contributed by atoms with E-state index in [2.05, 4.69) is 13.8 Å². The van der Waals surface area contributed by atoms with Gasteiger partial charge in [0, 0.05) is 21.4 Å². The summed E-state index contributed by atoms with van der Waals surface area (Å²) in [6.07, 6.45) is 3.31. The quantitative estimate of drug-likeness (QED) is 0.758. The minimum atomic E-state index is -2.93. The molecule has 1 aliphatic heterocycles. The van der Waals surface area contributed by atoms with Gasteiger partial charge in [0.05, 0.1) is 6.61 Å². The largest absolute Gasteiger partial charge is 0.365 e. The van der Waals surface area contributed by atoms with Crippen LogP contribution in [0, 0.1) is 16.7 Å².